The Hall–Kier alpha value is -2.89. The highest BCUT2D eigenvalue weighted by molar-refractivity contribution is 5.98. The summed E-state index contributed by atoms with van der Waals surface area (Å²) < 4.78 is 5.32. The Kier molecular flexibility index (Phi) is 5.84. The number of aromatic nitrogens is 1. The lowest BCUT2D eigenvalue weighted by Gasteiger charge is -2.14. The third-order valence-electron chi connectivity index (χ3n) is 4.51. The Labute approximate surface area is 153 Å². The number of para-hydroxylation sites is 1. The van der Waals surface area contributed by atoms with Gasteiger partial charge >= 0.3 is 0 Å². The van der Waals surface area contributed by atoms with Gasteiger partial charge in [0.05, 0.1) is 7.11 Å². The summed E-state index contributed by atoms with van der Waals surface area (Å²) in [6, 6.07) is 10.9. The number of amides is 2. The molecule has 0 spiro atoms. The van der Waals surface area contributed by atoms with Crippen LogP contribution in [0.5, 0.6) is 5.75 Å². The summed E-state index contributed by atoms with van der Waals surface area (Å²) in [6.07, 6.45) is 4.22. The average Bonchev–Trinajstić information content (AvgIpc) is 3.22. The number of ether oxygens (including phenoxy) is 1. The first-order chi connectivity index (χ1) is 12.7. The van der Waals surface area contributed by atoms with Crippen molar-refractivity contribution < 1.29 is 14.3 Å². The van der Waals surface area contributed by atoms with Crippen molar-refractivity contribution in [3.63, 3.8) is 0 Å². The van der Waals surface area contributed by atoms with E-state index in [9.17, 15) is 9.59 Å². The fourth-order valence-electron chi connectivity index (χ4n) is 3.09. The lowest BCUT2D eigenvalue weighted by atomic mass is 10.1. The Morgan fingerprint density at radius 1 is 1.19 bits per heavy atom. The number of carbonyl (C=O) groups excluding carboxylic acids is 2. The standard InChI is InChI=1S/C20H23N3O3/c1-26-18-7-3-2-6-15(18)8-11-22-19(24)16-9-10-21-17(14-16)20(25)23-12-4-5-13-23/h2-3,6-7,9-10,14H,4-5,8,11-13H2,1H3,(H,22,24). The van der Waals surface area contributed by atoms with Crippen LogP contribution >= 0.6 is 0 Å². The second-order valence-electron chi connectivity index (χ2n) is 6.25. The number of nitrogens with one attached hydrogen (secondary N) is 1. The first-order valence-corrected chi connectivity index (χ1v) is 8.84. The highest BCUT2D eigenvalue weighted by Gasteiger charge is 2.21. The van der Waals surface area contributed by atoms with E-state index in [-0.39, 0.29) is 11.8 Å². The normalized spacial score (nSPS) is 13.5. The molecule has 1 aromatic carbocycles. The van der Waals surface area contributed by atoms with Crippen LogP contribution in [0.4, 0.5) is 0 Å². The van der Waals surface area contributed by atoms with Crippen LogP contribution in [0, 0.1) is 0 Å². The van der Waals surface area contributed by atoms with Crippen LogP contribution in [0.1, 0.15) is 39.3 Å². The molecule has 3 rings (SSSR count). The molecule has 0 unspecified atom stereocenters. The summed E-state index contributed by atoms with van der Waals surface area (Å²) in [5.74, 6) is 0.494. The third kappa shape index (κ3) is 4.20. The Balaban J connectivity index is 1.59. The van der Waals surface area contributed by atoms with Gasteiger partial charge in [-0.05, 0) is 43.0 Å². The van der Waals surface area contributed by atoms with Crippen molar-refractivity contribution in [2.75, 3.05) is 26.7 Å². The number of pyridine rings is 1. The number of methoxy groups -OCH3 is 1. The van der Waals surface area contributed by atoms with Crippen molar-refractivity contribution >= 4 is 11.8 Å². The highest BCUT2D eigenvalue weighted by atomic mass is 16.5. The highest BCUT2D eigenvalue weighted by Crippen LogP contribution is 2.17. The molecular formula is C20H23N3O3. The van der Waals surface area contributed by atoms with Crippen LogP contribution < -0.4 is 10.1 Å². The maximum absolute atomic E-state index is 12.4. The van der Waals surface area contributed by atoms with Crippen LogP contribution in [-0.2, 0) is 6.42 Å². The quantitative estimate of drug-likeness (QED) is 0.865. The summed E-state index contributed by atoms with van der Waals surface area (Å²) in [6.45, 7) is 2.00. The number of hydrogen-bond acceptors (Lipinski definition) is 4. The van der Waals surface area contributed by atoms with Crippen molar-refractivity contribution in [2.45, 2.75) is 19.3 Å². The van der Waals surface area contributed by atoms with E-state index in [2.05, 4.69) is 10.3 Å². The fourth-order valence-corrected chi connectivity index (χ4v) is 3.09. The van der Waals surface area contributed by atoms with Gasteiger partial charge in [0.1, 0.15) is 11.4 Å². The monoisotopic (exact) mass is 353 g/mol. The van der Waals surface area contributed by atoms with Gasteiger partial charge in [0.25, 0.3) is 11.8 Å². The van der Waals surface area contributed by atoms with E-state index >= 15 is 0 Å². The van der Waals surface area contributed by atoms with E-state index in [0.717, 1.165) is 37.2 Å². The maximum atomic E-state index is 12.4. The van der Waals surface area contributed by atoms with Gasteiger partial charge in [-0.3, -0.25) is 14.6 Å². The van der Waals surface area contributed by atoms with Crippen LogP contribution in [-0.4, -0.2) is 48.4 Å². The van der Waals surface area contributed by atoms with Crippen LogP contribution in [0.15, 0.2) is 42.6 Å². The molecule has 2 aromatic rings. The molecule has 1 aromatic heterocycles. The summed E-state index contributed by atoms with van der Waals surface area (Å²) in [4.78, 5) is 30.7. The molecule has 1 aliphatic heterocycles. The maximum Gasteiger partial charge on any atom is 0.272 e. The van der Waals surface area contributed by atoms with Crippen molar-refractivity contribution in [3.05, 3.63) is 59.4 Å². The first kappa shape index (κ1) is 17.9. The molecule has 0 atom stereocenters. The lowest BCUT2D eigenvalue weighted by Crippen LogP contribution is -2.29. The van der Waals surface area contributed by atoms with E-state index in [1.54, 1.807) is 24.1 Å². The zero-order chi connectivity index (χ0) is 18.4. The molecule has 1 aliphatic rings. The van der Waals surface area contributed by atoms with Crippen LogP contribution in [0.2, 0.25) is 0 Å². The molecule has 2 heterocycles. The summed E-state index contributed by atoms with van der Waals surface area (Å²) in [5.41, 5.74) is 1.81. The van der Waals surface area contributed by atoms with E-state index < -0.39 is 0 Å². The van der Waals surface area contributed by atoms with Crippen LogP contribution in [0.25, 0.3) is 0 Å². The van der Waals surface area contributed by atoms with E-state index in [0.29, 0.717) is 24.2 Å². The second-order valence-corrected chi connectivity index (χ2v) is 6.25. The number of benzene rings is 1. The van der Waals surface area contributed by atoms with E-state index in [1.807, 2.05) is 24.3 Å². The van der Waals surface area contributed by atoms with Gasteiger partial charge in [0.15, 0.2) is 0 Å². The van der Waals surface area contributed by atoms with Gasteiger partial charge in [0, 0.05) is 31.4 Å². The molecule has 2 amide bonds. The molecule has 6 heteroatoms. The number of nitrogens with zero attached hydrogens (tertiary/aromatic N) is 2. The Morgan fingerprint density at radius 2 is 1.96 bits per heavy atom. The zero-order valence-electron chi connectivity index (χ0n) is 14.9. The number of rotatable bonds is 6. The molecule has 1 N–H and O–H groups in total. The molecule has 1 saturated heterocycles. The van der Waals surface area contributed by atoms with Gasteiger partial charge < -0.3 is 15.0 Å². The Morgan fingerprint density at radius 3 is 2.73 bits per heavy atom. The summed E-state index contributed by atoms with van der Waals surface area (Å²) >= 11 is 0. The van der Waals surface area contributed by atoms with Gasteiger partial charge in [-0.2, -0.15) is 0 Å². The average molecular weight is 353 g/mol. The first-order valence-electron chi connectivity index (χ1n) is 8.84. The summed E-state index contributed by atoms with van der Waals surface area (Å²) in [5, 5.41) is 2.89. The fraction of sp³-hybridized carbons (Fsp3) is 0.350. The largest absolute Gasteiger partial charge is 0.496 e. The van der Waals surface area contributed by atoms with Gasteiger partial charge in [-0.25, -0.2) is 0 Å². The predicted octanol–water partition coefficient (Wildman–Crippen LogP) is 2.30. The van der Waals surface area contributed by atoms with Gasteiger partial charge in [-0.15, -0.1) is 0 Å². The van der Waals surface area contributed by atoms with E-state index in [1.165, 1.54) is 6.20 Å². The molecule has 0 saturated carbocycles. The van der Waals surface area contributed by atoms with Crippen molar-refractivity contribution in [1.29, 1.82) is 0 Å². The zero-order valence-corrected chi connectivity index (χ0v) is 14.9. The molecule has 0 bridgehead atoms. The van der Waals surface area contributed by atoms with E-state index in [4.69, 9.17) is 4.74 Å². The predicted molar refractivity (Wildman–Crippen MR) is 98.4 cm³/mol. The minimum absolute atomic E-state index is 0.105. The number of likely N-dealkylation sites (tertiary alicyclic amines) is 1. The lowest BCUT2D eigenvalue weighted by molar-refractivity contribution is 0.0787. The minimum atomic E-state index is -0.210. The smallest absolute Gasteiger partial charge is 0.272 e. The molecule has 26 heavy (non-hydrogen) atoms. The van der Waals surface area contributed by atoms with Crippen molar-refractivity contribution in [2.24, 2.45) is 0 Å². The molecule has 136 valence electrons. The molecule has 0 aliphatic carbocycles. The molecule has 0 radical (unpaired) electrons. The molecule has 1 fully saturated rings. The van der Waals surface area contributed by atoms with Crippen molar-refractivity contribution in [1.82, 2.24) is 15.2 Å². The summed E-state index contributed by atoms with van der Waals surface area (Å²) in [7, 11) is 1.63. The number of hydrogen-bond donors (Lipinski definition) is 1. The third-order valence-corrected chi connectivity index (χ3v) is 4.51. The van der Waals surface area contributed by atoms with Gasteiger partial charge in [-0.1, -0.05) is 18.2 Å². The molecular weight excluding hydrogens is 330 g/mol. The molecule has 6 nitrogen and oxygen atoms in total. The Bertz CT molecular complexity index is 785. The second kappa shape index (κ2) is 8.47. The van der Waals surface area contributed by atoms with Crippen LogP contribution in [0.3, 0.4) is 0 Å². The number of carbonyl (C=O) groups is 2. The minimum Gasteiger partial charge on any atom is -0.496 e. The topological polar surface area (TPSA) is 71.5 Å². The SMILES string of the molecule is COc1ccccc1CCNC(=O)c1ccnc(C(=O)N2CCCC2)c1. The van der Waals surface area contributed by atoms with Crippen molar-refractivity contribution in [3.8, 4) is 5.75 Å². The van der Waals surface area contributed by atoms with Gasteiger partial charge in [0.2, 0.25) is 0 Å².